The van der Waals surface area contributed by atoms with E-state index in [2.05, 4.69) is 16.9 Å². The topological polar surface area (TPSA) is 81.1 Å². The van der Waals surface area contributed by atoms with Crippen molar-refractivity contribution in [3.05, 3.63) is 77.1 Å². The van der Waals surface area contributed by atoms with Crippen LogP contribution in [0.2, 0.25) is 0 Å². The van der Waals surface area contributed by atoms with Gasteiger partial charge >= 0.3 is 0 Å². The Morgan fingerprint density at radius 1 is 1.21 bits per heavy atom. The monoisotopic (exact) mass is 407 g/mol. The Morgan fingerprint density at radius 2 is 1.90 bits per heavy atom. The van der Waals surface area contributed by atoms with Gasteiger partial charge in [-0.3, -0.25) is 19.0 Å². The number of amides is 1. The molecule has 0 bridgehead atoms. The van der Waals surface area contributed by atoms with E-state index in [9.17, 15) is 14.4 Å². The van der Waals surface area contributed by atoms with Crippen molar-refractivity contribution < 1.29 is 9.59 Å². The number of carbonyl (C=O) groups excluding carboxylic acids is 2. The average molecular weight is 407 g/mol. The lowest BCUT2D eigenvalue weighted by molar-refractivity contribution is -0.115. The molecule has 29 heavy (non-hydrogen) atoms. The standard InChI is InChI=1S/C22H21N3O3S/c1-4-13-25-21(28)17-10-6-8-12-19(17)24-22(25)29-15(3)20(27)23-18-11-7-5-9-16(18)14(2)26/h4-12,15H,1,13H2,2-3H3,(H,23,27)/t15-/m1/s1. The predicted octanol–water partition coefficient (Wildman–Crippen LogP) is 3.90. The van der Waals surface area contributed by atoms with Gasteiger partial charge in [0.25, 0.3) is 5.56 Å². The third-order valence-corrected chi connectivity index (χ3v) is 5.44. The lowest BCUT2D eigenvalue weighted by Gasteiger charge is -2.16. The summed E-state index contributed by atoms with van der Waals surface area (Å²) in [7, 11) is 0. The van der Waals surface area contributed by atoms with Crippen LogP contribution in [0, 0.1) is 0 Å². The van der Waals surface area contributed by atoms with E-state index >= 15 is 0 Å². The molecular weight excluding hydrogens is 386 g/mol. The fourth-order valence-corrected chi connectivity index (χ4v) is 3.79. The summed E-state index contributed by atoms with van der Waals surface area (Å²) >= 11 is 1.19. The van der Waals surface area contributed by atoms with E-state index in [1.165, 1.54) is 23.3 Å². The van der Waals surface area contributed by atoms with E-state index in [1.54, 1.807) is 55.5 Å². The van der Waals surface area contributed by atoms with E-state index < -0.39 is 5.25 Å². The molecule has 7 heteroatoms. The number of benzene rings is 2. The maximum Gasteiger partial charge on any atom is 0.262 e. The highest BCUT2D eigenvalue weighted by atomic mass is 32.2. The van der Waals surface area contributed by atoms with Crippen LogP contribution in [0.4, 0.5) is 5.69 Å². The van der Waals surface area contributed by atoms with Crippen molar-refractivity contribution >= 4 is 40.0 Å². The van der Waals surface area contributed by atoms with Crippen molar-refractivity contribution in [2.24, 2.45) is 0 Å². The van der Waals surface area contributed by atoms with Crippen LogP contribution in [0.5, 0.6) is 0 Å². The molecule has 6 nitrogen and oxygen atoms in total. The molecule has 1 amide bonds. The van der Waals surface area contributed by atoms with Crippen LogP contribution in [0.1, 0.15) is 24.2 Å². The van der Waals surface area contributed by atoms with Gasteiger partial charge in [0.2, 0.25) is 5.91 Å². The van der Waals surface area contributed by atoms with Gasteiger partial charge in [-0.05, 0) is 38.1 Å². The number of nitrogens with one attached hydrogen (secondary N) is 1. The summed E-state index contributed by atoms with van der Waals surface area (Å²) in [4.78, 5) is 41.9. The number of rotatable bonds is 7. The summed E-state index contributed by atoms with van der Waals surface area (Å²) in [6, 6.07) is 14.0. The normalized spacial score (nSPS) is 11.8. The van der Waals surface area contributed by atoms with Crippen molar-refractivity contribution in [1.82, 2.24) is 9.55 Å². The lowest BCUT2D eigenvalue weighted by Crippen LogP contribution is -2.27. The van der Waals surface area contributed by atoms with Crippen molar-refractivity contribution in [2.75, 3.05) is 5.32 Å². The Bertz CT molecular complexity index is 1150. The minimum absolute atomic E-state index is 0.128. The molecule has 0 radical (unpaired) electrons. The van der Waals surface area contributed by atoms with Gasteiger partial charge in [0.1, 0.15) is 0 Å². The maximum atomic E-state index is 12.8. The van der Waals surface area contributed by atoms with Gasteiger partial charge < -0.3 is 5.32 Å². The molecule has 0 fully saturated rings. The molecule has 1 atom stereocenters. The third kappa shape index (κ3) is 4.46. The van der Waals surface area contributed by atoms with Crippen molar-refractivity contribution in [3.63, 3.8) is 0 Å². The quantitative estimate of drug-likeness (QED) is 0.278. The van der Waals surface area contributed by atoms with Gasteiger partial charge in [0, 0.05) is 12.1 Å². The largest absolute Gasteiger partial charge is 0.324 e. The van der Waals surface area contributed by atoms with E-state index in [-0.39, 0.29) is 17.2 Å². The summed E-state index contributed by atoms with van der Waals surface area (Å²) in [5, 5.41) is 3.22. The first-order valence-electron chi connectivity index (χ1n) is 9.10. The SMILES string of the molecule is C=CCn1c(S[C@H](C)C(=O)Nc2ccccc2C(C)=O)nc2ccccc2c1=O. The van der Waals surface area contributed by atoms with Crippen molar-refractivity contribution in [1.29, 1.82) is 0 Å². The Kier molecular flexibility index (Phi) is 6.29. The highest BCUT2D eigenvalue weighted by molar-refractivity contribution is 8.00. The van der Waals surface area contributed by atoms with Crippen LogP contribution in [0.25, 0.3) is 10.9 Å². The zero-order chi connectivity index (χ0) is 21.0. The number of para-hydroxylation sites is 2. The van der Waals surface area contributed by atoms with E-state index in [0.29, 0.717) is 33.9 Å². The summed E-state index contributed by atoms with van der Waals surface area (Å²) in [6.45, 7) is 7.19. The predicted molar refractivity (Wildman–Crippen MR) is 117 cm³/mol. The minimum Gasteiger partial charge on any atom is -0.324 e. The number of fused-ring (bicyclic) bond motifs is 1. The summed E-state index contributed by atoms with van der Waals surface area (Å²) in [6.07, 6.45) is 1.62. The van der Waals surface area contributed by atoms with Crippen LogP contribution >= 0.6 is 11.8 Å². The molecule has 3 aromatic rings. The molecule has 2 aromatic carbocycles. The molecule has 0 saturated carbocycles. The van der Waals surface area contributed by atoms with Gasteiger partial charge in [-0.2, -0.15) is 0 Å². The van der Waals surface area contributed by atoms with Crippen LogP contribution in [-0.2, 0) is 11.3 Å². The first kappa shape index (κ1) is 20.5. The number of anilines is 1. The number of aromatic nitrogens is 2. The summed E-state index contributed by atoms with van der Waals surface area (Å²) in [5.74, 6) is -0.409. The molecule has 0 aliphatic heterocycles. The molecule has 1 aromatic heterocycles. The third-order valence-electron chi connectivity index (χ3n) is 4.35. The molecule has 1 N–H and O–H groups in total. The fraction of sp³-hybridized carbons (Fsp3) is 0.182. The smallest absolute Gasteiger partial charge is 0.262 e. The van der Waals surface area contributed by atoms with E-state index in [0.717, 1.165) is 0 Å². The van der Waals surface area contributed by atoms with Gasteiger partial charge in [-0.15, -0.1) is 6.58 Å². The number of Topliss-reactive ketones (excluding diaryl/α,β-unsaturated/α-hetero) is 1. The second kappa shape index (κ2) is 8.87. The van der Waals surface area contributed by atoms with E-state index in [1.807, 2.05) is 6.07 Å². The van der Waals surface area contributed by atoms with Crippen molar-refractivity contribution in [2.45, 2.75) is 30.8 Å². The van der Waals surface area contributed by atoms with Gasteiger partial charge in [-0.1, -0.05) is 42.1 Å². The maximum absolute atomic E-state index is 12.8. The van der Waals surface area contributed by atoms with Crippen LogP contribution in [0.15, 0.2) is 71.1 Å². The Morgan fingerprint density at radius 3 is 2.62 bits per heavy atom. The van der Waals surface area contributed by atoms with E-state index in [4.69, 9.17) is 0 Å². The number of nitrogens with zero attached hydrogens (tertiary/aromatic N) is 2. The summed E-state index contributed by atoms with van der Waals surface area (Å²) < 4.78 is 1.51. The van der Waals surface area contributed by atoms with Crippen molar-refractivity contribution in [3.8, 4) is 0 Å². The van der Waals surface area contributed by atoms with Gasteiger partial charge in [-0.25, -0.2) is 4.98 Å². The average Bonchev–Trinajstić information content (AvgIpc) is 2.71. The van der Waals surface area contributed by atoms with Crippen LogP contribution in [0.3, 0.4) is 0 Å². The molecule has 0 aliphatic carbocycles. The second-order valence-corrected chi connectivity index (χ2v) is 7.78. The molecule has 0 spiro atoms. The molecule has 0 unspecified atom stereocenters. The highest BCUT2D eigenvalue weighted by Gasteiger charge is 2.20. The van der Waals surface area contributed by atoms with Gasteiger partial charge in [0.15, 0.2) is 10.9 Å². The number of hydrogen-bond acceptors (Lipinski definition) is 5. The second-order valence-electron chi connectivity index (χ2n) is 6.47. The highest BCUT2D eigenvalue weighted by Crippen LogP contribution is 2.24. The fourth-order valence-electron chi connectivity index (χ4n) is 2.87. The zero-order valence-electron chi connectivity index (χ0n) is 16.2. The van der Waals surface area contributed by atoms with Crippen LogP contribution in [-0.4, -0.2) is 26.5 Å². The van der Waals surface area contributed by atoms with Gasteiger partial charge in [0.05, 0.1) is 21.8 Å². The Balaban J connectivity index is 1.89. The zero-order valence-corrected chi connectivity index (χ0v) is 17.0. The first-order chi connectivity index (χ1) is 13.9. The molecule has 0 aliphatic rings. The lowest BCUT2D eigenvalue weighted by atomic mass is 10.1. The molecule has 1 heterocycles. The molecule has 148 valence electrons. The number of hydrogen-bond donors (Lipinski definition) is 1. The molecule has 0 saturated heterocycles. The molecule has 3 rings (SSSR count). The summed E-state index contributed by atoms with van der Waals surface area (Å²) in [5.41, 5.74) is 1.32. The number of carbonyl (C=O) groups is 2. The first-order valence-corrected chi connectivity index (χ1v) is 9.98. The van der Waals surface area contributed by atoms with Crippen LogP contribution < -0.4 is 10.9 Å². The Hall–Kier alpha value is -3.19. The molecular formula is C22H21N3O3S. The minimum atomic E-state index is -0.542. The number of ketones is 1. The Labute approximate surface area is 172 Å². The number of thioether (sulfide) groups is 1. The number of allylic oxidation sites excluding steroid dienone is 1.